The first kappa shape index (κ1) is 19.5. The van der Waals surface area contributed by atoms with Gasteiger partial charge in [0.1, 0.15) is 24.3 Å². The molecule has 0 amide bonds. The number of ether oxygens (including phenoxy) is 1. The smallest absolute Gasteiger partial charge is 0.123 e. The predicted molar refractivity (Wildman–Crippen MR) is 108 cm³/mol. The molecule has 1 atom stereocenters. The molecule has 142 valence electrons. The van der Waals surface area contributed by atoms with Crippen molar-refractivity contribution < 1.29 is 14.2 Å². The standard InChI is InChI=1S/C22H24FNO2S/c1-17-4-2-3-5-22(17)26-15-21(25)14-24(13-19-10-11-27-16-19)12-18-6-8-20(23)9-7-18/h2-11,16,21,25H,12-15H2,1H3. The maximum atomic E-state index is 13.2. The molecule has 3 rings (SSSR count). The third-order valence-electron chi connectivity index (χ3n) is 4.30. The SMILES string of the molecule is Cc1ccccc1OCC(O)CN(Cc1ccc(F)cc1)Cc1ccsc1. The Bertz CT molecular complexity index is 821. The molecule has 0 aliphatic carbocycles. The highest BCUT2D eigenvalue weighted by atomic mass is 32.1. The van der Waals surface area contributed by atoms with Crippen molar-refractivity contribution in [3.63, 3.8) is 0 Å². The van der Waals surface area contributed by atoms with E-state index < -0.39 is 6.10 Å². The number of halogens is 1. The summed E-state index contributed by atoms with van der Waals surface area (Å²) in [6.07, 6.45) is -0.622. The van der Waals surface area contributed by atoms with Gasteiger partial charge in [-0.05, 0) is 58.6 Å². The van der Waals surface area contributed by atoms with Gasteiger partial charge in [0.15, 0.2) is 0 Å². The van der Waals surface area contributed by atoms with Crippen molar-refractivity contribution in [2.24, 2.45) is 0 Å². The van der Waals surface area contributed by atoms with Crippen LogP contribution < -0.4 is 4.74 Å². The van der Waals surface area contributed by atoms with Crippen LogP contribution in [0.15, 0.2) is 65.4 Å². The van der Waals surface area contributed by atoms with Crippen LogP contribution in [0.25, 0.3) is 0 Å². The minimum atomic E-state index is -0.622. The number of nitrogens with zero attached hydrogens (tertiary/aromatic N) is 1. The molecule has 0 spiro atoms. The summed E-state index contributed by atoms with van der Waals surface area (Å²) in [6.45, 7) is 4.05. The molecule has 3 nitrogen and oxygen atoms in total. The minimum absolute atomic E-state index is 0.231. The van der Waals surface area contributed by atoms with Crippen LogP contribution in [0.4, 0.5) is 4.39 Å². The summed E-state index contributed by atoms with van der Waals surface area (Å²) in [6, 6.07) is 16.4. The second-order valence-electron chi connectivity index (χ2n) is 6.66. The number of benzene rings is 2. The fourth-order valence-corrected chi connectivity index (χ4v) is 3.59. The van der Waals surface area contributed by atoms with Gasteiger partial charge in [0.05, 0.1) is 0 Å². The molecular formula is C22H24FNO2S. The molecule has 1 N–H and O–H groups in total. The molecule has 5 heteroatoms. The molecule has 1 unspecified atom stereocenters. The number of hydrogen-bond acceptors (Lipinski definition) is 4. The molecule has 0 aliphatic heterocycles. The summed E-state index contributed by atoms with van der Waals surface area (Å²) in [5.74, 6) is 0.550. The molecule has 1 aromatic heterocycles. The third kappa shape index (κ3) is 6.17. The number of aryl methyl sites for hydroxylation is 1. The van der Waals surface area contributed by atoms with Crippen molar-refractivity contribution in [1.82, 2.24) is 4.90 Å². The summed E-state index contributed by atoms with van der Waals surface area (Å²) in [7, 11) is 0. The number of thiophene rings is 1. The molecule has 0 saturated heterocycles. The zero-order chi connectivity index (χ0) is 19.1. The summed E-state index contributed by atoms with van der Waals surface area (Å²) in [4.78, 5) is 2.15. The summed E-state index contributed by atoms with van der Waals surface area (Å²) < 4.78 is 18.9. The maximum absolute atomic E-state index is 13.2. The third-order valence-corrected chi connectivity index (χ3v) is 5.03. The lowest BCUT2D eigenvalue weighted by atomic mass is 10.2. The van der Waals surface area contributed by atoms with Gasteiger partial charge in [0, 0.05) is 19.6 Å². The lowest BCUT2D eigenvalue weighted by Crippen LogP contribution is -2.35. The van der Waals surface area contributed by atoms with Gasteiger partial charge in [-0.15, -0.1) is 0 Å². The molecule has 2 aromatic carbocycles. The van der Waals surface area contributed by atoms with Gasteiger partial charge < -0.3 is 9.84 Å². The van der Waals surface area contributed by atoms with Crippen molar-refractivity contribution in [2.75, 3.05) is 13.2 Å². The topological polar surface area (TPSA) is 32.7 Å². The summed E-state index contributed by atoms with van der Waals surface area (Å²) >= 11 is 1.65. The number of para-hydroxylation sites is 1. The predicted octanol–water partition coefficient (Wildman–Crippen LogP) is 4.64. The van der Waals surface area contributed by atoms with Gasteiger partial charge in [-0.2, -0.15) is 11.3 Å². The van der Waals surface area contributed by atoms with E-state index in [1.807, 2.05) is 36.6 Å². The Kier molecular flexibility index (Phi) is 6.98. The second-order valence-corrected chi connectivity index (χ2v) is 7.44. The van der Waals surface area contributed by atoms with Crippen LogP contribution in [0.5, 0.6) is 5.75 Å². The highest BCUT2D eigenvalue weighted by Gasteiger charge is 2.15. The van der Waals surface area contributed by atoms with Crippen LogP contribution >= 0.6 is 11.3 Å². The Morgan fingerprint density at radius 3 is 2.48 bits per heavy atom. The zero-order valence-corrected chi connectivity index (χ0v) is 16.2. The fourth-order valence-electron chi connectivity index (χ4n) is 2.93. The summed E-state index contributed by atoms with van der Waals surface area (Å²) in [5, 5.41) is 14.6. The molecule has 0 saturated carbocycles. The van der Waals surface area contributed by atoms with Gasteiger partial charge in [-0.25, -0.2) is 4.39 Å². The maximum Gasteiger partial charge on any atom is 0.123 e. The lowest BCUT2D eigenvalue weighted by molar-refractivity contribution is 0.0626. The van der Waals surface area contributed by atoms with Gasteiger partial charge in [-0.3, -0.25) is 4.90 Å². The fraction of sp³-hybridized carbons (Fsp3) is 0.273. The van der Waals surface area contributed by atoms with Crippen LogP contribution in [0.2, 0.25) is 0 Å². The Labute approximate surface area is 163 Å². The molecular weight excluding hydrogens is 361 g/mol. The molecule has 0 radical (unpaired) electrons. The van der Waals surface area contributed by atoms with Crippen LogP contribution in [-0.4, -0.2) is 29.3 Å². The largest absolute Gasteiger partial charge is 0.491 e. The molecule has 27 heavy (non-hydrogen) atoms. The molecule has 1 heterocycles. The molecule has 3 aromatic rings. The zero-order valence-electron chi connectivity index (χ0n) is 15.3. The molecule has 0 aliphatic rings. The lowest BCUT2D eigenvalue weighted by Gasteiger charge is -2.25. The van der Waals surface area contributed by atoms with E-state index in [-0.39, 0.29) is 12.4 Å². The van der Waals surface area contributed by atoms with Crippen LogP contribution in [0, 0.1) is 12.7 Å². The number of aliphatic hydroxyl groups is 1. The first-order valence-corrected chi connectivity index (χ1v) is 9.89. The van der Waals surface area contributed by atoms with Crippen molar-refractivity contribution in [3.8, 4) is 5.75 Å². The van der Waals surface area contributed by atoms with E-state index in [9.17, 15) is 9.50 Å². The van der Waals surface area contributed by atoms with Gasteiger partial charge in [0.2, 0.25) is 0 Å². The highest BCUT2D eigenvalue weighted by Crippen LogP contribution is 2.17. The number of hydrogen-bond donors (Lipinski definition) is 1. The minimum Gasteiger partial charge on any atom is -0.491 e. The first-order valence-electron chi connectivity index (χ1n) is 8.94. The van der Waals surface area contributed by atoms with Crippen molar-refractivity contribution in [2.45, 2.75) is 26.1 Å². The first-order chi connectivity index (χ1) is 13.1. The average molecular weight is 386 g/mol. The van der Waals surface area contributed by atoms with E-state index in [2.05, 4.69) is 16.3 Å². The molecule has 0 bridgehead atoms. The van der Waals surface area contributed by atoms with Crippen molar-refractivity contribution in [1.29, 1.82) is 0 Å². The molecule has 0 fully saturated rings. The van der Waals surface area contributed by atoms with E-state index in [0.717, 1.165) is 23.4 Å². The van der Waals surface area contributed by atoms with Gasteiger partial charge >= 0.3 is 0 Å². The monoisotopic (exact) mass is 385 g/mol. The summed E-state index contributed by atoms with van der Waals surface area (Å²) in [5.41, 5.74) is 3.26. The van der Waals surface area contributed by atoms with Gasteiger partial charge in [0.25, 0.3) is 0 Å². The normalized spacial score (nSPS) is 12.3. The Balaban J connectivity index is 1.61. The Morgan fingerprint density at radius 1 is 1.04 bits per heavy atom. The van der Waals surface area contributed by atoms with Crippen molar-refractivity contribution >= 4 is 11.3 Å². The van der Waals surface area contributed by atoms with Gasteiger partial charge in [-0.1, -0.05) is 30.3 Å². The number of aliphatic hydroxyl groups excluding tert-OH is 1. The van der Waals surface area contributed by atoms with E-state index in [4.69, 9.17) is 4.74 Å². The van der Waals surface area contributed by atoms with Crippen LogP contribution in [0.3, 0.4) is 0 Å². The second kappa shape index (κ2) is 9.65. The highest BCUT2D eigenvalue weighted by molar-refractivity contribution is 7.07. The van der Waals surface area contributed by atoms with E-state index in [0.29, 0.717) is 13.1 Å². The quantitative estimate of drug-likeness (QED) is 0.583. The van der Waals surface area contributed by atoms with E-state index >= 15 is 0 Å². The number of rotatable bonds is 9. The average Bonchev–Trinajstić information content (AvgIpc) is 3.16. The van der Waals surface area contributed by atoms with E-state index in [1.165, 1.54) is 17.7 Å². The van der Waals surface area contributed by atoms with Crippen molar-refractivity contribution in [3.05, 3.63) is 87.9 Å². The van der Waals surface area contributed by atoms with E-state index in [1.54, 1.807) is 23.5 Å². The van der Waals surface area contributed by atoms with Crippen LogP contribution in [0.1, 0.15) is 16.7 Å². The van der Waals surface area contributed by atoms with Crippen LogP contribution in [-0.2, 0) is 13.1 Å². The Hall–Kier alpha value is -2.21. The Morgan fingerprint density at radius 2 is 1.78 bits per heavy atom.